The van der Waals surface area contributed by atoms with Crippen molar-refractivity contribution < 1.29 is 14.4 Å². The molecule has 0 unspecified atom stereocenters. The van der Waals surface area contributed by atoms with Gasteiger partial charge in [0.25, 0.3) is 0 Å². The largest absolute Gasteiger partial charge is 0.361 e. The predicted molar refractivity (Wildman–Crippen MR) is 65.7 cm³/mol. The zero-order valence-electron chi connectivity index (χ0n) is 9.41. The van der Waals surface area contributed by atoms with Gasteiger partial charge in [-0.2, -0.15) is 0 Å². The number of hydrogen-bond acceptors (Lipinski definition) is 3. The van der Waals surface area contributed by atoms with Gasteiger partial charge in [0.2, 0.25) is 0 Å². The summed E-state index contributed by atoms with van der Waals surface area (Å²) in [6.45, 7) is 1.72. The molecule has 0 spiro atoms. The van der Waals surface area contributed by atoms with Crippen molar-refractivity contribution in [1.82, 2.24) is 10.9 Å². The summed E-state index contributed by atoms with van der Waals surface area (Å²) in [5.41, 5.74) is 9.63. The van der Waals surface area contributed by atoms with Crippen LogP contribution in [0.1, 0.15) is 5.56 Å². The van der Waals surface area contributed by atoms with Crippen molar-refractivity contribution in [2.75, 3.05) is 5.32 Å². The minimum atomic E-state index is -1.20. The van der Waals surface area contributed by atoms with Crippen LogP contribution in [0, 0.1) is 6.92 Å². The Morgan fingerprint density at radius 3 is 2.50 bits per heavy atom. The van der Waals surface area contributed by atoms with Crippen LogP contribution in [0.4, 0.5) is 10.5 Å². The van der Waals surface area contributed by atoms with Gasteiger partial charge in [-0.05, 0) is 24.6 Å². The molecule has 1 aromatic rings. The van der Waals surface area contributed by atoms with Crippen molar-refractivity contribution in [1.29, 1.82) is 0 Å². The molecule has 4 amide bonds. The van der Waals surface area contributed by atoms with Crippen LogP contribution < -0.4 is 21.9 Å². The van der Waals surface area contributed by atoms with Crippen LogP contribution >= 0.6 is 11.6 Å². The van der Waals surface area contributed by atoms with E-state index in [1.807, 2.05) is 10.9 Å². The van der Waals surface area contributed by atoms with Crippen molar-refractivity contribution in [2.24, 2.45) is 5.73 Å². The Bertz CT molecular complexity index is 504. The molecule has 0 atom stereocenters. The third kappa shape index (κ3) is 3.63. The van der Waals surface area contributed by atoms with E-state index in [1.54, 1.807) is 25.1 Å². The monoisotopic (exact) mass is 270 g/mol. The normalized spacial score (nSPS) is 9.44. The minimum absolute atomic E-state index is 0.480. The maximum absolute atomic E-state index is 11.4. The van der Waals surface area contributed by atoms with Crippen LogP contribution in [0.15, 0.2) is 18.2 Å². The van der Waals surface area contributed by atoms with Gasteiger partial charge in [-0.1, -0.05) is 17.7 Å². The first-order valence-electron chi connectivity index (χ1n) is 4.83. The topological polar surface area (TPSA) is 113 Å². The van der Waals surface area contributed by atoms with Crippen LogP contribution in [0.2, 0.25) is 5.02 Å². The lowest BCUT2D eigenvalue weighted by molar-refractivity contribution is -0.137. The molecule has 0 heterocycles. The maximum Gasteiger partial charge on any atom is 0.337 e. The summed E-state index contributed by atoms with van der Waals surface area (Å²) in [4.78, 5) is 32.5. The summed E-state index contributed by atoms with van der Waals surface area (Å²) < 4.78 is 0. The van der Waals surface area contributed by atoms with Crippen LogP contribution in [0.25, 0.3) is 0 Å². The van der Waals surface area contributed by atoms with E-state index in [4.69, 9.17) is 11.6 Å². The van der Waals surface area contributed by atoms with Crippen molar-refractivity contribution in [3.05, 3.63) is 28.8 Å². The van der Waals surface area contributed by atoms with Crippen molar-refractivity contribution in [2.45, 2.75) is 6.92 Å². The second-order valence-corrected chi connectivity index (χ2v) is 3.72. The summed E-state index contributed by atoms with van der Waals surface area (Å²) in [5.74, 6) is -2.32. The second-order valence-electron chi connectivity index (χ2n) is 3.31. The predicted octanol–water partition coefficient (Wildman–Crippen LogP) is 0.286. The average molecular weight is 271 g/mol. The fourth-order valence-electron chi connectivity index (χ4n) is 1.07. The second kappa shape index (κ2) is 5.87. The average Bonchev–Trinajstić information content (AvgIpc) is 2.32. The quantitative estimate of drug-likeness (QED) is 0.434. The molecule has 1 rings (SSSR count). The molecule has 1 aromatic carbocycles. The molecule has 0 saturated heterocycles. The molecule has 96 valence electrons. The number of hydrazine groups is 1. The standard InChI is InChI=1S/C10H11ClN4O3/c1-5-6(11)3-2-4-7(5)13-10(18)15-14-9(17)8(12)16/h2-4H,1H3,(H2,12,16)(H,14,17)(H2,13,15,18). The zero-order valence-corrected chi connectivity index (χ0v) is 10.2. The van der Waals surface area contributed by atoms with E-state index < -0.39 is 17.8 Å². The van der Waals surface area contributed by atoms with E-state index in [0.29, 0.717) is 16.3 Å². The smallest absolute Gasteiger partial charge is 0.337 e. The van der Waals surface area contributed by atoms with Gasteiger partial charge < -0.3 is 11.1 Å². The third-order valence-electron chi connectivity index (χ3n) is 2.03. The Kier molecular flexibility index (Phi) is 4.50. The first-order chi connectivity index (χ1) is 8.41. The van der Waals surface area contributed by atoms with Crippen molar-refractivity contribution >= 4 is 35.1 Å². The first kappa shape index (κ1) is 13.8. The molecule has 0 radical (unpaired) electrons. The van der Waals surface area contributed by atoms with E-state index in [-0.39, 0.29) is 0 Å². The Morgan fingerprint density at radius 1 is 1.22 bits per heavy atom. The highest BCUT2D eigenvalue weighted by Gasteiger charge is 2.10. The van der Waals surface area contributed by atoms with Gasteiger partial charge in [-0.25, -0.2) is 10.2 Å². The Hall–Kier alpha value is -2.28. The highest BCUT2D eigenvalue weighted by atomic mass is 35.5. The number of carbonyl (C=O) groups is 3. The highest BCUT2D eigenvalue weighted by molar-refractivity contribution is 6.34. The number of carbonyl (C=O) groups excluding carboxylic acids is 3. The fourth-order valence-corrected chi connectivity index (χ4v) is 1.25. The molecule has 0 fully saturated rings. The molecule has 7 nitrogen and oxygen atoms in total. The molecule has 0 aliphatic heterocycles. The summed E-state index contributed by atoms with van der Waals surface area (Å²) >= 11 is 5.86. The first-order valence-corrected chi connectivity index (χ1v) is 5.21. The Morgan fingerprint density at radius 2 is 1.89 bits per heavy atom. The lowest BCUT2D eigenvalue weighted by Gasteiger charge is -2.10. The number of halogens is 1. The maximum atomic E-state index is 11.4. The Balaban J connectivity index is 2.58. The van der Waals surface area contributed by atoms with Gasteiger partial charge in [0, 0.05) is 10.7 Å². The number of urea groups is 1. The van der Waals surface area contributed by atoms with Crippen LogP contribution in [-0.4, -0.2) is 17.8 Å². The van der Waals surface area contributed by atoms with E-state index in [0.717, 1.165) is 0 Å². The number of rotatable bonds is 1. The molecular weight excluding hydrogens is 260 g/mol. The van der Waals surface area contributed by atoms with E-state index in [9.17, 15) is 14.4 Å². The molecule has 0 bridgehead atoms. The van der Waals surface area contributed by atoms with Gasteiger partial charge in [0.1, 0.15) is 0 Å². The molecule has 0 aliphatic rings. The molecule has 8 heteroatoms. The molecular formula is C10H11ClN4O3. The lowest BCUT2D eigenvalue weighted by atomic mass is 10.2. The molecule has 0 aliphatic carbocycles. The number of benzene rings is 1. The number of amides is 4. The fraction of sp³-hybridized carbons (Fsp3) is 0.100. The van der Waals surface area contributed by atoms with Gasteiger partial charge in [-0.15, -0.1) is 0 Å². The zero-order chi connectivity index (χ0) is 13.7. The van der Waals surface area contributed by atoms with E-state index in [1.165, 1.54) is 0 Å². The minimum Gasteiger partial charge on any atom is -0.361 e. The van der Waals surface area contributed by atoms with Gasteiger partial charge in [0.15, 0.2) is 0 Å². The van der Waals surface area contributed by atoms with Gasteiger partial charge >= 0.3 is 17.8 Å². The molecule has 0 aromatic heterocycles. The number of hydrogen-bond donors (Lipinski definition) is 4. The van der Waals surface area contributed by atoms with Crippen molar-refractivity contribution in [3.8, 4) is 0 Å². The van der Waals surface area contributed by atoms with E-state index >= 15 is 0 Å². The summed E-state index contributed by atoms with van der Waals surface area (Å²) in [7, 11) is 0. The number of nitrogens with one attached hydrogen (secondary N) is 3. The van der Waals surface area contributed by atoms with Gasteiger partial charge in [0.05, 0.1) is 0 Å². The lowest BCUT2D eigenvalue weighted by Crippen LogP contribution is -2.48. The Labute approximate surface area is 108 Å². The summed E-state index contributed by atoms with van der Waals surface area (Å²) in [6, 6.07) is 4.24. The van der Waals surface area contributed by atoms with Crippen LogP contribution in [-0.2, 0) is 9.59 Å². The molecule has 18 heavy (non-hydrogen) atoms. The molecule has 0 saturated carbocycles. The van der Waals surface area contributed by atoms with Gasteiger partial charge in [-0.3, -0.25) is 15.0 Å². The van der Waals surface area contributed by atoms with E-state index in [2.05, 4.69) is 11.1 Å². The number of primary amides is 1. The SMILES string of the molecule is Cc1c(Cl)cccc1NC(=O)NNC(=O)C(N)=O. The van der Waals surface area contributed by atoms with Crippen LogP contribution in [0.3, 0.4) is 0 Å². The third-order valence-corrected chi connectivity index (χ3v) is 2.44. The number of nitrogens with two attached hydrogens (primary N) is 1. The highest BCUT2D eigenvalue weighted by Crippen LogP contribution is 2.22. The molecule has 5 N–H and O–H groups in total. The summed E-state index contributed by atoms with van der Waals surface area (Å²) in [6.07, 6.45) is 0. The van der Waals surface area contributed by atoms with Crippen LogP contribution in [0.5, 0.6) is 0 Å². The van der Waals surface area contributed by atoms with Crippen molar-refractivity contribution in [3.63, 3.8) is 0 Å². The summed E-state index contributed by atoms with van der Waals surface area (Å²) in [5, 5.41) is 2.94. The number of anilines is 1.